The van der Waals surface area contributed by atoms with Crippen LogP contribution < -0.4 is 25.7 Å². The molecule has 0 fully saturated rings. The van der Waals surface area contributed by atoms with Crippen molar-refractivity contribution in [2.45, 2.75) is 5.85 Å². The molecule has 0 bridgehead atoms. The summed E-state index contributed by atoms with van der Waals surface area (Å²) in [6, 6.07) is 14.4. The second-order valence-corrected chi connectivity index (χ2v) is 7.40. The molecule has 2 aromatic carbocycles. The van der Waals surface area contributed by atoms with Gasteiger partial charge in [-0.1, -0.05) is 24.3 Å². The van der Waals surface area contributed by atoms with Crippen LogP contribution in [0.15, 0.2) is 48.5 Å². The summed E-state index contributed by atoms with van der Waals surface area (Å²) in [7, 11) is 0. The molecule has 1 aliphatic rings. The molecule has 4 N–H and O–H groups in total. The second-order valence-electron chi connectivity index (χ2n) is 7.40. The van der Waals surface area contributed by atoms with Gasteiger partial charge in [0.1, 0.15) is 13.2 Å². The molecule has 10 heteroatoms. The summed E-state index contributed by atoms with van der Waals surface area (Å²) >= 11 is 0. The van der Waals surface area contributed by atoms with Crippen LogP contribution in [0.3, 0.4) is 0 Å². The average Bonchev–Trinajstić information content (AvgIpc) is 2.82. The monoisotopic (exact) mass is 478 g/mol. The molecule has 1 aliphatic heterocycles. The maximum absolute atomic E-state index is 6.10. The maximum Gasteiger partial charge on any atom is 0.236 e. The molecule has 0 spiro atoms. The molecular formula is C24H34N2O8. The van der Waals surface area contributed by atoms with Gasteiger partial charge >= 0.3 is 0 Å². The number of ether oxygens (including phenoxy) is 8. The Hall–Kier alpha value is -2.44. The molecule has 0 saturated carbocycles. The van der Waals surface area contributed by atoms with Crippen molar-refractivity contribution < 1.29 is 37.9 Å². The van der Waals surface area contributed by atoms with Crippen molar-refractivity contribution in [2.75, 3.05) is 72.7 Å². The van der Waals surface area contributed by atoms with E-state index in [0.717, 1.165) is 0 Å². The van der Waals surface area contributed by atoms with E-state index in [1.54, 1.807) is 24.3 Å². The van der Waals surface area contributed by atoms with Gasteiger partial charge in [0.05, 0.1) is 59.5 Å². The molecule has 0 unspecified atom stereocenters. The predicted molar refractivity (Wildman–Crippen MR) is 124 cm³/mol. The molecule has 3 rings (SSSR count). The summed E-state index contributed by atoms with van der Waals surface area (Å²) in [5, 5.41) is 0. The van der Waals surface area contributed by atoms with Gasteiger partial charge in [0.25, 0.3) is 0 Å². The smallest absolute Gasteiger partial charge is 0.236 e. The van der Waals surface area contributed by atoms with Gasteiger partial charge in [-0.05, 0) is 24.3 Å². The molecular weight excluding hydrogens is 444 g/mol. The Kier molecular flexibility index (Phi) is 11.3. The van der Waals surface area contributed by atoms with E-state index < -0.39 is 5.85 Å². The fraction of sp³-hybridized carbons (Fsp3) is 0.500. The highest BCUT2D eigenvalue weighted by Gasteiger charge is 2.24. The van der Waals surface area contributed by atoms with E-state index in [4.69, 9.17) is 49.4 Å². The van der Waals surface area contributed by atoms with Crippen LogP contribution in [0.1, 0.15) is 0 Å². The van der Waals surface area contributed by atoms with Crippen LogP contribution in [0.25, 0.3) is 0 Å². The molecule has 0 saturated heterocycles. The van der Waals surface area contributed by atoms with Gasteiger partial charge in [0.2, 0.25) is 5.85 Å². The Balaban J connectivity index is 1.64. The summed E-state index contributed by atoms with van der Waals surface area (Å²) < 4.78 is 45.2. The zero-order valence-corrected chi connectivity index (χ0v) is 19.3. The number of benzene rings is 2. The molecule has 34 heavy (non-hydrogen) atoms. The highest BCUT2D eigenvalue weighted by atomic mass is 16.6. The van der Waals surface area contributed by atoms with E-state index in [9.17, 15) is 0 Å². The summed E-state index contributed by atoms with van der Waals surface area (Å²) in [6.45, 7) is 4.26. The number of fused-ring (bicyclic) bond motifs is 2. The molecule has 1 heterocycles. The third-order valence-electron chi connectivity index (χ3n) is 4.52. The lowest BCUT2D eigenvalue weighted by molar-refractivity contribution is -0.0448. The van der Waals surface area contributed by atoms with Crippen LogP contribution in [-0.2, 0) is 23.7 Å². The van der Waals surface area contributed by atoms with Gasteiger partial charge < -0.3 is 37.9 Å². The van der Waals surface area contributed by atoms with Crippen molar-refractivity contribution in [2.24, 2.45) is 11.5 Å². The Morgan fingerprint density at radius 1 is 0.500 bits per heavy atom. The van der Waals surface area contributed by atoms with Gasteiger partial charge in [0, 0.05) is 0 Å². The summed E-state index contributed by atoms with van der Waals surface area (Å²) in [5.74, 6) is 0.328. The Bertz CT molecular complexity index is 836. The largest absolute Gasteiger partial charge is 0.487 e. The van der Waals surface area contributed by atoms with E-state index in [1.165, 1.54) is 0 Å². The number of hydrogen-bond donors (Lipinski definition) is 2. The zero-order chi connectivity index (χ0) is 23.9. The van der Waals surface area contributed by atoms with Crippen molar-refractivity contribution in [1.82, 2.24) is 0 Å². The lowest BCUT2D eigenvalue weighted by atomic mass is 10.3. The predicted octanol–water partition coefficient (Wildman–Crippen LogP) is 1.90. The fourth-order valence-electron chi connectivity index (χ4n) is 2.95. The molecule has 0 aromatic heterocycles. The van der Waals surface area contributed by atoms with Crippen molar-refractivity contribution in [3.63, 3.8) is 0 Å². The first-order valence-corrected chi connectivity index (χ1v) is 11.3. The van der Waals surface area contributed by atoms with E-state index >= 15 is 0 Å². The lowest BCUT2D eigenvalue weighted by Crippen LogP contribution is -2.58. The molecule has 2 aromatic rings. The Morgan fingerprint density at radius 2 is 0.912 bits per heavy atom. The minimum atomic E-state index is -1.57. The Morgan fingerprint density at radius 3 is 1.47 bits per heavy atom. The number of rotatable bonds is 0. The normalized spacial score (nSPS) is 19.7. The number of hydrogen-bond acceptors (Lipinski definition) is 10. The first kappa shape index (κ1) is 26.2. The third-order valence-corrected chi connectivity index (χ3v) is 4.52. The van der Waals surface area contributed by atoms with Crippen LogP contribution in [0, 0.1) is 0 Å². The molecule has 0 radical (unpaired) electrons. The van der Waals surface area contributed by atoms with Crippen LogP contribution in [-0.4, -0.2) is 78.5 Å². The standard InChI is InChI=1S/C24H34N2O8/c25-24(26)19-31-16-15-29-12-11-27-9-10-28-13-14-30-17-18-32-20-5-1-2-6-21(20)33-22-7-3-4-8-23(22)34-24/h1-8H,9-19,25-26H2. The minimum absolute atomic E-state index is 0.0434. The maximum atomic E-state index is 6.10. The van der Waals surface area contributed by atoms with Gasteiger partial charge in [0.15, 0.2) is 23.0 Å². The fourth-order valence-corrected chi connectivity index (χ4v) is 2.95. The van der Waals surface area contributed by atoms with Crippen molar-refractivity contribution in [1.29, 1.82) is 0 Å². The SMILES string of the molecule is NC1(N)COCCOCCOCCOCCOCCOc2ccccc2Oc2ccccc2O1. The van der Waals surface area contributed by atoms with E-state index in [1.807, 2.05) is 24.3 Å². The van der Waals surface area contributed by atoms with Crippen molar-refractivity contribution >= 4 is 0 Å². The van der Waals surface area contributed by atoms with Crippen LogP contribution in [0.4, 0.5) is 0 Å². The second kappa shape index (κ2) is 14.7. The van der Waals surface area contributed by atoms with E-state index in [-0.39, 0.29) is 6.61 Å². The topological polar surface area (TPSA) is 126 Å². The van der Waals surface area contributed by atoms with Crippen LogP contribution in [0.2, 0.25) is 0 Å². The summed E-state index contributed by atoms with van der Waals surface area (Å²) in [6.07, 6.45) is 0. The summed E-state index contributed by atoms with van der Waals surface area (Å²) in [4.78, 5) is 0. The van der Waals surface area contributed by atoms with E-state index in [0.29, 0.717) is 89.1 Å². The number of nitrogens with two attached hydrogens (primary N) is 2. The van der Waals surface area contributed by atoms with Crippen LogP contribution >= 0.6 is 0 Å². The van der Waals surface area contributed by atoms with Gasteiger partial charge in [-0.3, -0.25) is 11.5 Å². The van der Waals surface area contributed by atoms with Gasteiger partial charge in [-0.25, -0.2) is 0 Å². The average molecular weight is 479 g/mol. The molecule has 10 nitrogen and oxygen atoms in total. The molecule has 0 atom stereocenters. The quantitative estimate of drug-likeness (QED) is 0.542. The molecule has 188 valence electrons. The minimum Gasteiger partial charge on any atom is -0.487 e. The van der Waals surface area contributed by atoms with E-state index in [2.05, 4.69) is 0 Å². The van der Waals surface area contributed by atoms with Crippen molar-refractivity contribution in [3.05, 3.63) is 48.5 Å². The first-order chi connectivity index (χ1) is 16.6. The highest BCUT2D eigenvalue weighted by molar-refractivity contribution is 5.47. The van der Waals surface area contributed by atoms with Crippen molar-refractivity contribution in [3.8, 4) is 23.0 Å². The first-order valence-electron chi connectivity index (χ1n) is 11.3. The molecule has 0 aliphatic carbocycles. The van der Waals surface area contributed by atoms with Crippen LogP contribution in [0.5, 0.6) is 23.0 Å². The zero-order valence-electron chi connectivity index (χ0n) is 19.3. The third kappa shape index (κ3) is 9.82. The lowest BCUT2D eigenvalue weighted by Gasteiger charge is -2.26. The number of para-hydroxylation sites is 4. The highest BCUT2D eigenvalue weighted by Crippen LogP contribution is 2.36. The van der Waals surface area contributed by atoms with Gasteiger partial charge in [-0.15, -0.1) is 0 Å². The van der Waals surface area contributed by atoms with Gasteiger partial charge in [-0.2, -0.15) is 0 Å². The Labute approximate surface area is 199 Å². The summed E-state index contributed by atoms with van der Waals surface area (Å²) in [5.41, 5.74) is 12.2. The molecule has 0 amide bonds.